The van der Waals surface area contributed by atoms with E-state index in [-0.39, 0.29) is 11.5 Å². The van der Waals surface area contributed by atoms with Crippen molar-refractivity contribution in [1.29, 1.82) is 0 Å². The number of terminal acetylenes is 1. The Morgan fingerprint density at radius 1 is 1.71 bits per heavy atom. The molecule has 8 heteroatoms. The van der Waals surface area contributed by atoms with Crippen LogP contribution in [-0.2, 0) is 4.74 Å². The number of aryl methyl sites for hydroxylation is 1. The predicted molar refractivity (Wildman–Crippen MR) is 71.9 cm³/mol. The number of nitrogen functional groups attached to an aromatic ring is 1. The zero-order valence-corrected chi connectivity index (χ0v) is 11.5. The number of aromatic nitrogens is 2. The van der Waals surface area contributed by atoms with Gasteiger partial charge in [-0.1, -0.05) is 5.92 Å². The van der Waals surface area contributed by atoms with Gasteiger partial charge in [-0.25, -0.2) is 9.18 Å². The van der Waals surface area contributed by atoms with Gasteiger partial charge in [0.15, 0.2) is 6.23 Å². The number of nitrogens with zero attached hydrogens (tertiary/aromatic N) is 2. The minimum absolute atomic E-state index is 0.0236. The SMILES string of the molecule is C#C[C@@]1(F)C(O)[C@@H]([C@@H](C)O)O[C@H]1n1c(C)cc(N)nc1=O. The molecule has 0 radical (unpaired) electrons. The van der Waals surface area contributed by atoms with Crippen LogP contribution in [0.25, 0.3) is 0 Å². The van der Waals surface area contributed by atoms with Crippen LogP contribution in [0.1, 0.15) is 18.8 Å². The third-order valence-corrected chi connectivity index (χ3v) is 3.49. The van der Waals surface area contributed by atoms with Crippen LogP contribution >= 0.6 is 0 Å². The Labute approximate surface area is 120 Å². The van der Waals surface area contributed by atoms with Crippen molar-refractivity contribution in [2.24, 2.45) is 0 Å². The molecule has 7 nitrogen and oxygen atoms in total. The molecule has 1 aromatic rings. The molecular weight excluding hydrogens is 281 g/mol. The molecule has 4 N–H and O–H groups in total. The topological polar surface area (TPSA) is 111 Å². The van der Waals surface area contributed by atoms with Crippen LogP contribution in [0.5, 0.6) is 0 Å². The average molecular weight is 297 g/mol. The molecule has 5 atom stereocenters. The van der Waals surface area contributed by atoms with Gasteiger partial charge in [0.2, 0.25) is 5.67 Å². The molecular formula is C13H16FN3O4. The highest BCUT2D eigenvalue weighted by Gasteiger charge is 2.59. The molecule has 1 aliphatic heterocycles. The van der Waals surface area contributed by atoms with E-state index in [1.165, 1.54) is 19.9 Å². The highest BCUT2D eigenvalue weighted by Crippen LogP contribution is 2.42. The molecule has 114 valence electrons. The van der Waals surface area contributed by atoms with Gasteiger partial charge in [0.05, 0.1) is 6.10 Å². The highest BCUT2D eigenvalue weighted by atomic mass is 19.1. The molecule has 1 aliphatic rings. The van der Waals surface area contributed by atoms with Crippen molar-refractivity contribution in [3.05, 3.63) is 22.2 Å². The van der Waals surface area contributed by atoms with Crippen LogP contribution in [0.3, 0.4) is 0 Å². The molecule has 0 saturated carbocycles. The zero-order chi connectivity index (χ0) is 15.9. The molecule has 0 aromatic carbocycles. The Morgan fingerprint density at radius 3 is 2.81 bits per heavy atom. The Kier molecular flexibility index (Phi) is 3.76. The van der Waals surface area contributed by atoms with Crippen molar-refractivity contribution in [1.82, 2.24) is 9.55 Å². The van der Waals surface area contributed by atoms with Crippen LogP contribution in [0.4, 0.5) is 10.2 Å². The number of hydrogen-bond donors (Lipinski definition) is 3. The number of alkyl halides is 1. The fraction of sp³-hybridized carbons (Fsp3) is 0.538. The van der Waals surface area contributed by atoms with Gasteiger partial charge in [-0.15, -0.1) is 6.42 Å². The summed E-state index contributed by atoms with van der Waals surface area (Å²) in [6, 6.07) is 1.35. The summed E-state index contributed by atoms with van der Waals surface area (Å²) in [6.07, 6.45) is -0.648. The maximum atomic E-state index is 14.9. The lowest BCUT2D eigenvalue weighted by atomic mass is 9.95. The van der Waals surface area contributed by atoms with E-state index in [0.717, 1.165) is 4.57 Å². The fourth-order valence-corrected chi connectivity index (χ4v) is 2.41. The van der Waals surface area contributed by atoms with Gasteiger partial charge in [-0.2, -0.15) is 4.98 Å². The van der Waals surface area contributed by atoms with Crippen LogP contribution < -0.4 is 11.4 Å². The lowest BCUT2D eigenvalue weighted by Crippen LogP contribution is -2.45. The maximum Gasteiger partial charge on any atom is 0.351 e. The van der Waals surface area contributed by atoms with Gasteiger partial charge in [-0.05, 0) is 19.9 Å². The lowest BCUT2D eigenvalue weighted by molar-refractivity contribution is -0.0808. The summed E-state index contributed by atoms with van der Waals surface area (Å²) in [5, 5.41) is 19.5. The third kappa shape index (κ3) is 2.29. The van der Waals surface area contributed by atoms with E-state index >= 15 is 0 Å². The molecule has 1 saturated heterocycles. The second-order valence-electron chi connectivity index (χ2n) is 5.03. The number of rotatable bonds is 2. The molecule has 2 heterocycles. The zero-order valence-electron chi connectivity index (χ0n) is 11.5. The van der Waals surface area contributed by atoms with E-state index < -0.39 is 35.9 Å². The molecule has 0 bridgehead atoms. The van der Waals surface area contributed by atoms with E-state index in [0.29, 0.717) is 0 Å². The number of aliphatic hydroxyl groups excluding tert-OH is 2. The van der Waals surface area contributed by atoms with Gasteiger partial charge < -0.3 is 20.7 Å². The summed E-state index contributed by atoms with van der Waals surface area (Å²) in [7, 11) is 0. The van der Waals surface area contributed by atoms with Crippen molar-refractivity contribution in [2.75, 3.05) is 5.73 Å². The Morgan fingerprint density at radius 2 is 2.33 bits per heavy atom. The first kappa shape index (κ1) is 15.4. The second kappa shape index (κ2) is 5.11. The number of aliphatic hydroxyl groups is 2. The molecule has 0 amide bonds. The minimum atomic E-state index is -2.67. The predicted octanol–water partition coefficient (Wildman–Crippen LogP) is -0.885. The van der Waals surface area contributed by atoms with Crippen LogP contribution in [0, 0.1) is 19.3 Å². The van der Waals surface area contributed by atoms with Crippen molar-refractivity contribution in [3.63, 3.8) is 0 Å². The molecule has 1 unspecified atom stereocenters. The van der Waals surface area contributed by atoms with Gasteiger partial charge in [0.1, 0.15) is 18.0 Å². The number of halogens is 1. The molecule has 0 aliphatic carbocycles. The van der Waals surface area contributed by atoms with E-state index in [1.807, 2.05) is 5.92 Å². The van der Waals surface area contributed by atoms with Crippen molar-refractivity contribution >= 4 is 5.82 Å². The first-order chi connectivity index (χ1) is 9.72. The highest BCUT2D eigenvalue weighted by molar-refractivity contribution is 5.29. The fourth-order valence-electron chi connectivity index (χ4n) is 2.41. The summed E-state index contributed by atoms with van der Waals surface area (Å²) in [4.78, 5) is 15.4. The summed E-state index contributed by atoms with van der Waals surface area (Å²) < 4.78 is 21.1. The normalized spacial score (nSPS) is 33.6. The first-order valence-corrected chi connectivity index (χ1v) is 6.26. The van der Waals surface area contributed by atoms with Crippen molar-refractivity contribution < 1.29 is 19.3 Å². The largest absolute Gasteiger partial charge is 0.391 e. The summed E-state index contributed by atoms with van der Waals surface area (Å²) >= 11 is 0. The second-order valence-corrected chi connectivity index (χ2v) is 5.03. The molecule has 2 rings (SSSR count). The van der Waals surface area contributed by atoms with Crippen molar-refractivity contribution in [2.45, 2.75) is 44.1 Å². The number of nitrogens with two attached hydrogens (primary N) is 1. The molecule has 21 heavy (non-hydrogen) atoms. The molecule has 1 fully saturated rings. The van der Waals surface area contributed by atoms with Crippen molar-refractivity contribution in [3.8, 4) is 12.3 Å². The summed E-state index contributed by atoms with van der Waals surface area (Å²) in [5.41, 5.74) is 2.19. The Hall–Kier alpha value is -1.95. The molecule has 0 spiro atoms. The first-order valence-electron chi connectivity index (χ1n) is 6.26. The Bertz CT molecular complexity index is 654. The quantitative estimate of drug-likeness (QED) is 0.611. The number of anilines is 1. The van der Waals surface area contributed by atoms with E-state index in [1.54, 1.807) is 0 Å². The van der Waals surface area contributed by atoms with E-state index in [9.17, 15) is 19.4 Å². The summed E-state index contributed by atoms with van der Waals surface area (Å²) in [5.74, 6) is 1.80. The smallest absolute Gasteiger partial charge is 0.351 e. The van der Waals surface area contributed by atoms with Gasteiger partial charge in [-0.3, -0.25) is 4.57 Å². The van der Waals surface area contributed by atoms with Gasteiger partial charge >= 0.3 is 5.69 Å². The Balaban J connectivity index is 2.59. The van der Waals surface area contributed by atoms with Gasteiger partial charge in [0.25, 0.3) is 0 Å². The minimum Gasteiger partial charge on any atom is -0.391 e. The standard InChI is InChI=1S/C13H16FN3O4/c1-4-13(14)10(19)9(7(3)18)21-11(13)17-6(2)5-8(15)16-12(17)20/h1,5,7,9-11,18-19H,2-3H3,(H2,15,16,20)/t7-,9-,10?,11-,13-/m1/s1. The van der Waals surface area contributed by atoms with Crippen LogP contribution in [-0.4, -0.2) is 43.7 Å². The third-order valence-electron chi connectivity index (χ3n) is 3.49. The van der Waals surface area contributed by atoms with E-state index in [2.05, 4.69) is 4.98 Å². The molecule has 1 aromatic heterocycles. The lowest BCUT2D eigenvalue weighted by Gasteiger charge is -2.25. The maximum absolute atomic E-state index is 14.9. The number of hydrogen-bond acceptors (Lipinski definition) is 6. The van der Waals surface area contributed by atoms with E-state index in [4.69, 9.17) is 16.9 Å². The average Bonchev–Trinajstić information content (AvgIpc) is 2.63. The number of ether oxygens (including phenoxy) is 1. The van der Waals surface area contributed by atoms with Crippen LogP contribution in [0.2, 0.25) is 0 Å². The van der Waals surface area contributed by atoms with Gasteiger partial charge in [0, 0.05) is 5.69 Å². The van der Waals surface area contributed by atoms with Crippen LogP contribution in [0.15, 0.2) is 10.9 Å². The summed E-state index contributed by atoms with van der Waals surface area (Å²) in [6.45, 7) is 2.83. The monoisotopic (exact) mass is 297 g/mol.